The molecule has 0 aromatic heterocycles. The molecule has 0 spiro atoms. The summed E-state index contributed by atoms with van der Waals surface area (Å²) in [6.45, 7) is 4.32. The van der Waals surface area contributed by atoms with Crippen molar-refractivity contribution in [3.05, 3.63) is 0 Å². The Kier molecular flexibility index (Phi) is 3.60. The smallest absolute Gasteiger partial charge is 0.225 e. The highest BCUT2D eigenvalue weighted by Gasteiger charge is 2.60. The number of fused-ring (bicyclic) bond motifs is 5. The Labute approximate surface area is 139 Å². The van der Waals surface area contributed by atoms with Crippen molar-refractivity contribution in [1.29, 1.82) is 0 Å². The molecule has 4 aliphatic rings. The van der Waals surface area contributed by atoms with Gasteiger partial charge in [0, 0.05) is 25.3 Å². The molecule has 2 bridgehead atoms. The summed E-state index contributed by atoms with van der Waals surface area (Å²) in [6, 6.07) is 0. The van der Waals surface area contributed by atoms with Crippen LogP contribution in [0.4, 0.5) is 0 Å². The van der Waals surface area contributed by atoms with E-state index in [1.165, 1.54) is 25.5 Å². The number of rotatable bonds is 2. The second kappa shape index (κ2) is 5.21. The van der Waals surface area contributed by atoms with Crippen LogP contribution in [0.5, 0.6) is 0 Å². The number of hydrogen-bond donors (Lipinski definition) is 0. The first-order valence-electron chi connectivity index (χ1n) is 9.26. The molecule has 1 amide bonds. The minimum Gasteiger partial charge on any atom is -0.342 e. The Hall–Kier alpha value is -0.580. The fraction of sp³-hybridized carbons (Fsp3) is 0.944. The zero-order valence-corrected chi connectivity index (χ0v) is 15.1. The normalized spacial score (nSPS) is 46.2. The van der Waals surface area contributed by atoms with Crippen LogP contribution in [0.1, 0.15) is 51.9 Å². The molecule has 3 saturated carbocycles. The third-order valence-corrected chi connectivity index (χ3v) is 9.39. The Morgan fingerprint density at radius 3 is 2.39 bits per heavy atom. The van der Waals surface area contributed by atoms with E-state index in [0.717, 1.165) is 43.7 Å². The van der Waals surface area contributed by atoms with Crippen LogP contribution in [0.15, 0.2) is 0 Å². The maximum atomic E-state index is 12.9. The highest BCUT2D eigenvalue weighted by molar-refractivity contribution is 7.91. The Morgan fingerprint density at radius 2 is 1.78 bits per heavy atom. The molecular weight excluding hydrogens is 310 g/mol. The van der Waals surface area contributed by atoms with Crippen molar-refractivity contribution in [2.24, 2.45) is 29.1 Å². The van der Waals surface area contributed by atoms with Gasteiger partial charge in [0.05, 0.1) is 5.25 Å². The Bertz CT molecular complexity index is 608. The molecule has 4 atom stereocenters. The van der Waals surface area contributed by atoms with Crippen LogP contribution < -0.4 is 0 Å². The van der Waals surface area contributed by atoms with Crippen LogP contribution in [-0.2, 0) is 14.6 Å². The van der Waals surface area contributed by atoms with Crippen LogP contribution in [-0.4, -0.2) is 43.8 Å². The summed E-state index contributed by atoms with van der Waals surface area (Å²) in [7, 11) is -2.95. The summed E-state index contributed by atoms with van der Waals surface area (Å²) in [4.78, 5) is 15.1. The van der Waals surface area contributed by atoms with Crippen molar-refractivity contribution in [3.63, 3.8) is 0 Å². The summed E-state index contributed by atoms with van der Waals surface area (Å²) < 4.78 is 23.4. The van der Waals surface area contributed by atoms with Crippen LogP contribution in [0.25, 0.3) is 0 Å². The van der Waals surface area contributed by atoms with E-state index in [4.69, 9.17) is 0 Å². The quantitative estimate of drug-likeness (QED) is 0.777. The van der Waals surface area contributed by atoms with E-state index in [1.54, 1.807) is 0 Å². The van der Waals surface area contributed by atoms with Gasteiger partial charge >= 0.3 is 0 Å². The molecule has 4 nitrogen and oxygen atoms in total. The SMILES string of the molecule is C[C@]12CN(C(=O)C3CCC(S(C)(=O)=O)CC3)C[C@H]1[C@H]1CC[C@@H]2C1. The zero-order valence-electron chi connectivity index (χ0n) is 14.3. The standard InChI is InChI=1S/C18H29NO3S/c1-18-11-19(10-16(18)13-3-6-14(18)9-13)17(20)12-4-7-15(8-5-12)23(2,21)22/h12-16H,3-11H2,1-2H3/t12?,13-,14+,15?,16-,18+/m0/s1. The zero-order chi connectivity index (χ0) is 16.4. The van der Waals surface area contributed by atoms with Gasteiger partial charge in [-0.25, -0.2) is 8.42 Å². The van der Waals surface area contributed by atoms with Crippen molar-refractivity contribution >= 4 is 15.7 Å². The Balaban J connectivity index is 1.40. The molecule has 130 valence electrons. The van der Waals surface area contributed by atoms with Crippen molar-refractivity contribution in [3.8, 4) is 0 Å². The molecule has 1 heterocycles. The highest BCUT2D eigenvalue weighted by atomic mass is 32.2. The molecule has 5 heteroatoms. The van der Waals surface area contributed by atoms with Crippen molar-refractivity contribution in [2.45, 2.75) is 57.1 Å². The molecule has 23 heavy (non-hydrogen) atoms. The predicted molar refractivity (Wildman–Crippen MR) is 89.6 cm³/mol. The summed E-state index contributed by atoms with van der Waals surface area (Å²) in [5, 5.41) is -0.224. The molecule has 0 radical (unpaired) electrons. The van der Waals surface area contributed by atoms with Gasteiger partial charge in [0.25, 0.3) is 0 Å². The molecule has 3 aliphatic carbocycles. The van der Waals surface area contributed by atoms with E-state index in [0.29, 0.717) is 24.2 Å². The molecule has 0 aromatic carbocycles. The number of sulfone groups is 1. The number of carbonyl (C=O) groups is 1. The maximum absolute atomic E-state index is 12.9. The summed E-state index contributed by atoms with van der Waals surface area (Å²) in [6.07, 6.45) is 8.28. The van der Waals surface area contributed by atoms with Gasteiger partial charge in [0.1, 0.15) is 9.84 Å². The highest BCUT2D eigenvalue weighted by Crippen LogP contribution is 2.62. The minimum atomic E-state index is -2.95. The lowest BCUT2D eigenvalue weighted by Crippen LogP contribution is -2.39. The van der Waals surface area contributed by atoms with Gasteiger partial charge in [0.15, 0.2) is 0 Å². The van der Waals surface area contributed by atoms with Crippen LogP contribution >= 0.6 is 0 Å². The number of carbonyl (C=O) groups excluding carboxylic acids is 1. The van der Waals surface area contributed by atoms with Gasteiger partial charge in [0.2, 0.25) is 5.91 Å². The molecule has 1 aliphatic heterocycles. The lowest BCUT2D eigenvalue weighted by atomic mass is 9.70. The third kappa shape index (κ3) is 2.45. The van der Waals surface area contributed by atoms with Crippen LogP contribution in [0, 0.1) is 29.1 Å². The van der Waals surface area contributed by atoms with Gasteiger partial charge in [-0.1, -0.05) is 6.92 Å². The fourth-order valence-corrected chi connectivity index (χ4v) is 7.43. The third-order valence-electron chi connectivity index (χ3n) is 7.71. The molecule has 4 fully saturated rings. The van der Waals surface area contributed by atoms with Gasteiger partial charge in [-0.15, -0.1) is 0 Å². The molecule has 0 unspecified atom stereocenters. The van der Waals surface area contributed by atoms with Crippen molar-refractivity contribution in [2.75, 3.05) is 19.3 Å². The average Bonchev–Trinajstić information content (AvgIpc) is 3.16. The second-order valence-corrected chi connectivity index (χ2v) is 11.2. The molecule has 0 N–H and O–H groups in total. The first-order chi connectivity index (χ1) is 10.8. The molecule has 1 saturated heterocycles. The van der Waals surface area contributed by atoms with E-state index >= 15 is 0 Å². The first-order valence-corrected chi connectivity index (χ1v) is 11.2. The van der Waals surface area contributed by atoms with E-state index in [2.05, 4.69) is 11.8 Å². The van der Waals surface area contributed by atoms with Gasteiger partial charge in [-0.3, -0.25) is 4.79 Å². The predicted octanol–water partition coefficient (Wildman–Crippen LogP) is 2.48. The largest absolute Gasteiger partial charge is 0.342 e. The van der Waals surface area contributed by atoms with E-state index in [1.807, 2.05) is 0 Å². The second-order valence-electron chi connectivity index (χ2n) is 8.90. The van der Waals surface area contributed by atoms with Gasteiger partial charge in [-0.05, 0) is 68.1 Å². The lowest BCUT2D eigenvalue weighted by Gasteiger charge is -2.35. The molecule has 4 rings (SSSR count). The van der Waals surface area contributed by atoms with Crippen LogP contribution in [0.3, 0.4) is 0 Å². The van der Waals surface area contributed by atoms with Crippen LogP contribution in [0.2, 0.25) is 0 Å². The summed E-state index contributed by atoms with van der Waals surface area (Å²) in [5.41, 5.74) is 0.364. The Morgan fingerprint density at radius 1 is 1.09 bits per heavy atom. The van der Waals surface area contributed by atoms with E-state index in [-0.39, 0.29) is 11.2 Å². The summed E-state index contributed by atoms with van der Waals surface area (Å²) >= 11 is 0. The van der Waals surface area contributed by atoms with E-state index < -0.39 is 9.84 Å². The fourth-order valence-electron chi connectivity index (χ4n) is 6.30. The molecular formula is C18H29NO3S. The maximum Gasteiger partial charge on any atom is 0.225 e. The van der Waals surface area contributed by atoms with Crippen molar-refractivity contribution < 1.29 is 13.2 Å². The van der Waals surface area contributed by atoms with E-state index in [9.17, 15) is 13.2 Å². The number of nitrogens with zero attached hydrogens (tertiary/aromatic N) is 1. The monoisotopic (exact) mass is 339 g/mol. The van der Waals surface area contributed by atoms with Gasteiger partial charge < -0.3 is 4.90 Å². The number of hydrogen-bond acceptors (Lipinski definition) is 3. The van der Waals surface area contributed by atoms with Gasteiger partial charge in [-0.2, -0.15) is 0 Å². The number of likely N-dealkylation sites (tertiary alicyclic amines) is 1. The average molecular weight is 340 g/mol. The lowest BCUT2D eigenvalue weighted by molar-refractivity contribution is -0.136. The molecule has 0 aromatic rings. The topological polar surface area (TPSA) is 54.5 Å². The first kappa shape index (κ1) is 15.9. The minimum absolute atomic E-state index is 0.0630. The van der Waals surface area contributed by atoms with Crippen molar-refractivity contribution in [1.82, 2.24) is 4.90 Å². The summed E-state index contributed by atoms with van der Waals surface area (Å²) in [5.74, 6) is 2.78. The number of amides is 1.